The Morgan fingerprint density at radius 3 is 2.80 bits per heavy atom. The van der Waals surface area contributed by atoms with Crippen LogP contribution in [0.15, 0.2) is 14.1 Å². The van der Waals surface area contributed by atoms with E-state index in [0.717, 1.165) is 20.7 Å². The molecule has 0 saturated heterocycles. The van der Waals surface area contributed by atoms with Crippen molar-refractivity contribution < 1.29 is 8.42 Å². The van der Waals surface area contributed by atoms with Crippen molar-refractivity contribution in [2.75, 3.05) is 6.54 Å². The van der Waals surface area contributed by atoms with Gasteiger partial charge in [0, 0.05) is 13.0 Å². The molecule has 0 aliphatic carbocycles. The largest absolute Gasteiger partial charge is 0.250 e. The summed E-state index contributed by atoms with van der Waals surface area (Å²) in [7, 11) is -3.45. The lowest BCUT2D eigenvalue weighted by Gasteiger charge is -2.00. The Balaban J connectivity index is 2.83. The third-order valence-electron chi connectivity index (χ3n) is 1.63. The van der Waals surface area contributed by atoms with Crippen LogP contribution >= 0.6 is 27.3 Å². The van der Waals surface area contributed by atoms with Crippen molar-refractivity contribution in [3.63, 3.8) is 0 Å². The van der Waals surface area contributed by atoms with Gasteiger partial charge in [0.05, 0.1) is 9.86 Å². The second kappa shape index (κ2) is 5.07. The SMILES string of the molecule is Cc1cc(S(=O)(=O)NCCC#N)sc1Br. The van der Waals surface area contributed by atoms with Crippen molar-refractivity contribution in [1.29, 1.82) is 5.26 Å². The summed E-state index contributed by atoms with van der Waals surface area (Å²) in [5.74, 6) is 0. The first-order valence-corrected chi connectivity index (χ1v) is 7.19. The lowest BCUT2D eigenvalue weighted by Crippen LogP contribution is -2.23. The average molecular weight is 309 g/mol. The first-order chi connectivity index (χ1) is 6.97. The molecule has 0 aromatic carbocycles. The van der Waals surface area contributed by atoms with Gasteiger partial charge in [-0.25, -0.2) is 13.1 Å². The molecule has 7 heteroatoms. The summed E-state index contributed by atoms with van der Waals surface area (Å²) >= 11 is 4.43. The minimum Gasteiger partial charge on any atom is -0.209 e. The molecular weight excluding hydrogens is 300 g/mol. The Bertz CT molecular complexity index is 468. The normalized spacial score (nSPS) is 11.3. The fraction of sp³-hybridized carbons (Fsp3) is 0.375. The van der Waals surface area contributed by atoms with E-state index in [1.165, 1.54) is 0 Å². The third-order valence-corrected chi connectivity index (χ3v) is 5.70. The molecule has 1 aromatic heterocycles. The molecule has 0 unspecified atom stereocenters. The number of thiophene rings is 1. The number of rotatable bonds is 4. The molecule has 0 fully saturated rings. The zero-order valence-corrected chi connectivity index (χ0v) is 11.2. The van der Waals surface area contributed by atoms with Gasteiger partial charge in [0.2, 0.25) is 10.0 Å². The summed E-state index contributed by atoms with van der Waals surface area (Å²) < 4.78 is 26.7. The van der Waals surface area contributed by atoms with E-state index < -0.39 is 10.0 Å². The zero-order chi connectivity index (χ0) is 11.5. The Morgan fingerprint density at radius 1 is 1.67 bits per heavy atom. The lowest BCUT2D eigenvalue weighted by atomic mass is 10.4. The van der Waals surface area contributed by atoms with Gasteiger partial charge in [0.25, 0.3) is 0 Å². The molecule has 1 rings (SSSR count). The highest BCUT2D eigenvalue weighted by atomic mass is 79.9. The van der Waals surface area contributed by atoms with Crippen molar-refractivity contribution in [3.05, 3.63) is 15.4 Å². The highest BCUT2D eigenvalue weighted by molar-refractivity contribution is 9.11. The molecule has 4 nitrogen and oxygen atoms in total. The maximum atomic E-state index is 11.6. The summed E-state index contributed by atoms with van der Waals surface area (Å²) in [6, 6.07) is 3.48. The highest BCUT2D eigenvalue weighted by Crippen LogP contribution is 2.30. The van der Waals surface area contributed by atoms with Gasteiger partial charge in [-0.05, 0) is 34.5 Å². The van der Waals surface area contributed by atoms with Crippen molar-refractivity contribution in [1.82, 2.24) is 4.72 Å². The molecule has 0 spiro atoms. The Morgan fingerprint density at radius 2 is 2.33 bits per heavy atom. The minimum atomic E-state index is -3.45. The fourth-order valence-electron chi connectivity index (χ4n) is 0.877. The first-order valence-electron chi connectivity index (χ1n) is 4.10. The standard InChI is InChI=1S/C8H9BrN2O2S2/c1-6-5-7(14-8(6)9)15(12,13)11-4-2-3-10/h5,11H,2,4H2,1H3. The van der Waals surface area contributed by atoms with Gasteiger partial charge in [0.1, 0.15) is 4.21 Å². The molecule has 0 atom stereocenters. The van der Waals surface area contributed by atoms with E-state index in [9.17, 15) is 8.42 Å². The van der Waals surface area contributed by atoms with Crippen LogP contribution in [0.2, 0.25) is 0 Å². The second-order valence-electron chi connectivity index (χ2n) is 2.83. The molecule has 82 valence electrons. The van der Waals surface area contributed by atoms with E-state index in [0.29, 0.717) is 0 Å². The summed E-state index contributed by atoms with van der Waals surface area (Å²) in [6.45, 7) is 1.97. The van der Waals surface area contributed by atoms with E-state index >= 15 is 0 Å². The van der Waals surface area contributed by atoms with E-state index in [4.69, 9.17) is 5.26 Å². The van der Waals surface area contributed by atoms with Crippen molar-refractivity contribution in [2.24, 2.45) is 0 Å². The molecule has 1 aromatic rings. The molecule has 1 N–H and O–H groups in total. The molecule has 0 aliphatic rings. The van der Waals surface area contributed by atoms with Gasteiger partial charge in [-0.3, -0.25) is 0 Å². The monoisotopic (exact) mass is 308 g/mol. The number of nitrogens with one attached hydrogen (secondary N) is 1. The highest BCUT2D eigenvalue weighted by Gasteiger charge is 2.17. The minimum absolute atomic E-state index is 0.146. The Hall–Kier alpha value is -0.420. The number of nitrogens with zero attached hydrogens (tertiary/aromatic N) is 1. The molecular formula is C8H9BrN2O2S2. The average Bonchev–Trinajstić information content (AvgIpc) is 2.48. The van der Waals surface area contributed by atoms with Crippen LogP contribution in [-0.2, 0) is 10.0 Å². The molecule has 0 amide bonds. The summed E-state index contributed by atoms with van der Waals surface area (Å²) in [5.41, 5.74) is 0.889. The van der Waals surface area contributed by atoms with Gasteiger partial charge in [0.15, 0.2) is 0 Å². The van der Waals surface area contributed by atoms with Crippen LogP contribution in [0.5, 0.6) is 0 Å². The van der Waals surface area contributed by atoms with Crippen molar-refractivity contribution >= 4 is 37.3 Å². The summed E-state index contributed by atoms with van der Waals surface area (Å²) in [6.07, 6.45) is 0.171. The second-order valence-corrected chi connectivity index (χ2v) is 7.19. The van der Waals surface area contributed by atoms with Gasteiger partial charge < -0.3 is 0 Å². The topological polar surface area (TPSA) is 70.0 Å². The maximum Gasteiger partial charge on any atom is 0.250 e. The Labute approximate surface area is 101 Å². The van der Waals surface area contributed by atoms with Crippen LogP contribution in [0, 0.1) is 18.3 Å². The molecule has 0 bridgehead atoms. The van der Waals surface area contributed by atoms with Crippen LogP contribution in [-0.4, -0.2) is 15.0 Å². The molecule has 0 saturated carbocycles. The summed E-state index contributed by atoms with van der Waals surface area (Å²) in [4.78, 5) is 0. The number of halogens is 1. The van der Waals surface area contributed by atoms with Crippen LogP contribution < -0.4 is 4.72 Å². The van der Waals surface area contributed by atoms with E-state index in [1.807, 2.05) is 13.0 Å². The fourth-order valence-corrected chi connectivity index (χ4v) is 4.18. The molecule has 1 heterocycles. The number of sulfonamides is 1. The van der Waals surface area contributed by atoms with Gasteiger partial charge in [-0.15, -0.1) is 11.3 Å². The van der Waals surface area contributed by atoms with E-state index in [1.54, 1.807) is 6.07 Å². The van der Waals surface area contributed by atoms with Crippen molar-refractivity contribution in [2.45, 2.75) is 17.6 Å². The quantitative estimate of drug-likeness (QED) is 0.865. The zero-order valence-electron chi connectivity index (χ0n) is 7.95. The lowest BCUT2D eigenvalue weighted by molar-refractivity contribution is 0.584. The van der Waals surface area contributed by atoms with Crippen LogP contribution in [0.1, 0.15) is 12.0 Å². The number of hydrogen-bond acceptors (Lipinski definition) is 4. The van der Waals surface area contributed by atoms with Crippen LogP contribution in [0.3, 0.4) is 0 Å². The van der Waals surface area contributed by atoms with Crippen molar-refractivity contribution in [3.8, 4) is 6.07 Å². The van der Waals surface area contributed by atoms with Crippen LogP contribution in [0.25, 0.3) is 0 Å². The van der Waals surface area contributed by atoms with E-state index in [-0.39, 0.29) is 17.2 Å². The smallest absolute Gasteiger partial charge is 0.209 e. The summed E-state index contributed by atoms with van der Waals surface area (Å²) in [5, 5.41) is 8.29. The van der Waals surface area contributed by atoms with Gasteiger partial charge in [-0.2, -0.15) is 5.26 Å². The maximum absolute atomic E-state index is 11.6. The Kier molecular flexibility index (Phi) is 4.28. The molecule has 0 aliphatic heterocycles. The predicted octanol–water partition coefficient (Wildman–Crippen LogP) is 2.01. The number of nitriles is 1. The van der Waals surface area contributed by atoms with Gasteiger partial charge >= 0.3 is 0 Å². The molecule has 0 radical (unpaired) electrons. The third kappa shape index (κ3) is 3.28. The predicted molar refractivity (Wildman–Crippen MR) is 62.2 cm³/mol. The van der Waals surface area contributed by atoms with Crippen LogP contribution in [0.4, 0.5) is 0 Å². The van der Waals surface area contributed by atoms with E-state index in [2.05, 4.69) is 20.7 Å². The first kappa shape index (κ1) is 12.6. The molecule has 15 heavy (non-hydrogen) atoms. The van der Waals surface area contributed by atoms with Gasteiger partial charge in [-0.1, -0.05) is 0 Å². The number of hydrogen-bond donors (Lipinski definition) is 1. The number of aryl methyl sites for hydroxylation is 1.